The first-order valence-corrected chi connectivity index (χ1v) is 6.59. The van der Waals surface area contributed by atoms with Crippen LogP contribution in [-0.2, 0) is 16.4 Å². The molecule has 0 atom stereocenters. The molecule has 2 aromatic rings. The van der Waals surface area contributed by atoms with Crippen molar-refractivity contribution in [1.29, 1.82) is 0 Å². The summed E-state index contributed by atoms with van der Waals surface area (Å²) in [7, 11) is -3.33. The van der Waals surface area contributed by atoms with Crippen molar-refractivity contribution in [3.05, 3.63) is 46.9 Å². The smallest absolute Gasteiger partial charge is 0.284 e. The highest BCUT2D eigenvalue weighted by atomic mass is 32.2. The van der Waals surface area contributed by atoms with Crippen molar-refractivity contribution in [2.75, 3.05) is 5.75 Å². The van der Waals surface area contributed by atoms with Crippen molar-refractivity contribution in [2.45, 2.75) is 11.4 Å². The molecular formula is C10H11N2O4S+. The first kappa shape index (κ1) is 11.6. The molecule has 90 valence electrons. The Bertz CT molecular complexity index is 642. The van der Waals surface area contributed by atoms with E-state index in [1.54, 1.807) is 18.2 Å². The van der Waals surface area contributed by atoms with E-state index in [0.717, 1.165) is 0 Å². The van der Waals surface area contributed by atoms with Crippen LogP contribution in [0.4, 0.5) is 0 Å². The molecule has 0 aliphatic carbocycles. The van der Waals surface area contributed by atoms with Gasteiger partial charge in [-0.25, -0.2) is 13.2 Å². The third-order valence-corrected chi connectivity index (χ3v) is 3.94. The Labute approximate surface area is 97.4 Å². The van der Waals surface area contributed by atoms with Gasteiger partial charge < -0.3 is 0 Å². The highest BCUT2D eigenvalue weighted by Gasteiger charge is 2.17. The molecule has 0 unspecified atom stereocenters. The zero-order valence-electron chi connectivity index (χ0n) is 8.87. The number of hydrogen-bond acceptors (Lipinski definition) is 4. The minimum absolute atomic E-state index is 0.100. The van der Waals surface area contributed by atoms with E-state index in [-0.39, 0.29) is 17.2 Å². The normalized spacial score (nSPS) is 11.5. The van der Waals surface area contributed by atoms with Crippen molar-refractivity contribution < 1.29 is 17.6 Å². The Morgan fingerprint density at radius 1 is 1.24 bits per heavy atom. The van der Waals surface area contributed by atoms with E-state index in [0.29, 0.717) is 0 Å². The van der Waals surface area contributed by atoms with Gasteiger partial charge in [-0.2, -0.15) is 0 Å². The van der Waals surface area contributed by atoms with Crippen molar-refractivity contribution in [3.8, 4) is 0 Å². The number of hydrogen-bond donors (Lipinski definition) is 1. The number of aromatic nitrogens is 2. The maximum Gasteiger partial charge on any atom is 0.426 e. The van der Waals surface area contributed by atoms with Gasteiger partial charge in [0.05, 0.1) is 4.90 Å². The maximum atomic E-state index is 11.9. The van der Waals surface area contributed by atoms with Crippen molar-refractivity contribution in [3.63, 3.8) is 0 Å². The molecule has 1 heterocycles. The molecular weight excluding hydrogens is 244 g/mol. The largest absolute Gasteiger partial charge is 0.426 e. The predicted molar refractivity (Wildman–Crippen MR) is 58.0 cm³/mol. The van der Waals surface area contributed by atoms with Gasteiger partial charge in [0.25, 0.3) is 6.20 Å². The second-order valence-electron chi connectivity index (χ2n) is 3.47. The molecule has 0 aliphatic heterocycles. The average molecular weight is 255 g/mol. The summed E-state index contributed by atoms with van der Waals surface area (Å²) < 4.78 is 29.5. The van der Waals surface area contributed by atoms with Crippen LogP contribution < -0.4 is 10.3 Å². The lowest BCUT2D eigenvalue weighted by Gasteiger charge is -2.00. The van der Waals surface area contributed by atoms with Gasteiger partial charge in [-0.05, 0) is 17.4 Å². The van der Waals surface area contributed by atoms with Crippen LogP contribution in [0.3, 0.4) is 0 Å². The van der Waals surface area contributed by atoms with Crippen molar-refractivity contribution in [2.24, 2.45) is 0 Å². The Kier molecular flexibility index (Phi) is 3.10. The molecule has 0 bridgehead atoms. The van der Waals surface area contributed by atoms with Gasteiger partial charge in [0, 0.05) is 0 Å². The zero-order chi connectivity index (χ0) is 12.3. The van der Waals surface area contributed by atoms with E-state index in [1.165, 1.54) is 23.0 Å². The van der Waals surface area contributed by atoms with Crippen LogP contribution in [-0.4, -0.2) is 19.4 Å². The number of H-pyrrole nitrogens is 1. The Balaban J connectivity index is 2.11. The van der Waals surface area contributed by atoms with Crippen LogP contribution in [0.2, 0.25) is 0 Å². The minimum Gasteiger partial charge on any atom is -0.284 e. The third kappa shape index (κ3) is 2.82. The van der Waals surface area contributed by atoms with Gasteiger partial charge in [0.2, 0.25) is 0 Å². The Morgan fingerprint density at radius 3 is 2.53 bits per heavy atom. The molecule has 6 nitrogen and oxygen atoms in total. The maximum absolute atomic E-state index is 11.9. The molecule has 17 heavy (non-hydrogen) atoms. The lowest BCUT2D eigenvalue weighted by molar-refractivity contribution is -0.758. The number of nitrogens with one attached hydrogen (secondary N) is 1. The second-order valence-corrected chi connectivity index (χ2v) is 5.58. The van der Waals surface area contributed by atoms with E-state index in [9.17, 15) is 13.2 Å². The van der Waals surface area contributed by atoms with Gasteiger partial charge in [-0.3, -0.25) is 4.52 Å². The first-order chi connectivity index (χ1) is 8.08. The van der Waals surface area contributed by atoms with Crippen LogP contribution in [0.5, 0.6) is 0 Å². The molecule has 0 amide bonds. The molecule has 0 radical (unpaired) electrons. The first-order valence-electron chi connectivity index (χ1n) is 4.94. The van der Waals surface area contributed by atoms with E-state index in [2.05, 4.69) is 9.79 Å². The summed E-state index contributed by atoms with van der Waals surface area (Å²) in [5.41, 5.74) is -0.540. The number of aromatic amines is 1. The highest BCUT2D eigenvalue weighted by molar-refractivity contribution is 7.91. The third-order valence-electron chi connectivity index (χ3n) is 2.23. The Hall–Kier alpha value is -1.89. The fourth-order valence-electron chi connectivity index (χ4n) is 1.36. The molecule has 7 heteroatoms. The van der Waals surface area contributed by atoms with Gasteiger partial charge in [0.1, 0.15) is 5.75 Å². The van der Waals surface area contributed by atoms with Crippen molar-refractivity contribution >= 4 is 9.84 Å². The second kappa shape index (κ2) is 4.54. The predicted octanol–water partition coefficient (Wildman–Crippen LogP) is -0.271. The van der Waals surface area contributed by atoms with E-state index < -0.39 is 15.5 Å². The molecule has 0 saturated heterocycles. The summed E-state index contributed by atoms with van der Waals surface area (Å²) in [5, 5.41) is 2.29. The molecule has 0 aliphatic rings. The minimum atomic E-state index is -3.33. The zero-order valence-corrected chi connectivity index (χ0v) is 9.68. The molecule has 1 aromatic carbocycles. The van der Waals surface area contributed by atoms with E-state index >= 15 is 0 Å². The number of aryl methyl sites for hydroxylation is 1. The molecule has 0 spiro atoms. The van der Waals surface area contributed by atoms with Gasteiger partial charge >= 0.3 is 5.63 Å². The SMILES string of the molecule is O=c1c[n+](CCS(=O)(=O)c2ccccc2)[nH]o1. The molecule has 0 fully saturated rings. The number of benzene rings is 1. The lowest BCUT2D eigenvalue weighted by atomic mass is 10.4. The van der Waals surface area contributed by atoms with Crippen LogP contribution in [0.1, 0.15) is 0 Å². The molecule has 1 aromatic heterocycles. The fourth-order valence-corrected chi connectivity index (χ4v) is 2.60. The number of sulfone groups is 1. The summed E-state index contributed by atoms with van der Waals surface area (Å²) in [6.45, 7) is 0.142. The van der Waals surface area contributed by atoms with Gasteiger partial charge in [0.15, 0.2) is 16.4 Å². The highest BCUT2D eigenvalue weighted by Crippen LogP contribution is 2.09. The molecule has 0 saturated carbocycles. The standard InChI is InChI=1S/C10H10N2O4S/c13-10-8-12(11-16-10)6-7-17(14,15)9-4-2-1-3-5-9/h1-5,8H,6-7H2/p+1. The van der Waals surface area contributed by atoms with Crippen LogP contribution >= 0.6 is 0 Å². The lowest BCUT2D eigenvalue weighted by Crippen LogP contribution is -2.38. The topological polar surface area (TPSA) is 84.0 Å². The van der Waals surface area contributed by atoms with Crippen LogP contribution in [0, 0.1) is 0 Å². The molecule has 1 N–H and O–H groups in total. The van der Waals surface area contributed by atoms with Crippen molar-refractivity contribution in [1.82, 2.24) is 5.27 Å². The number of rotatable bonds is 4. The summed E-state index contributed by atoms with van der Waals surface area (Å²) in [5.74, 6) is -0.100. The fraction of sp³-hybridized carbons (Fsp3) is 0.200. The summed E-state index contributed by atoms with van der Waals surface area (Å²) in [6, 6.07) is 8.16. The molecule has 2 rings (SSSR count). The summed E-state index contributed by atoms with van der Waals surface area (Å²) >= 11 is 0. The average Bonchev–Trinajstić information content (AvgIpc) is 2.74. The summed E-state index contributed by atoms with van der Waals surface area (Å²) in [6.07, 6.45) is 1.17. The van der Waals surface area contributed by atoms with Gasteiger partial charge in [-0.1, -0.05) is 22.9 Å². The Morgan fingerprint density at radius 2 is 1.94 bits per heavy atom. The van der Waals surface area contributed by atoms with E-state index in [1.807, 2.05) is 0 Å². The number of nitrogens with zero attached hydrogens (tertiary/aromatic N) is 1. The van der Waals surface area contributed by atoms with Crippen LogP contribution in [0.25, 0.3) is 0 Å². The van der Waals surface area contributed by atoms with Gasteiger partial charge in [-0.15, -0.1) is 0 Å². The van der Waals surface area contributed by atoms with E-state index in [4.69, 9.17) is 0 Å². The summed E-state index contributed by atoms with van der Waals surface area (Å²) in [4.78, 5) is 11.0. The monoisotopic (exact) mass is 255 g/mol. The van der Waals surface area contributed by atoms with Crippen LogP contribution in [0.15, 0.2) is 50.7 Å². The quantitative estimate of drug-likeness (QED) is 0.762.